The van der Waals surface area contributed by atoms with Gasteiger partial charge in [0.1, 0.15) is 0 Å². The quantitative estimate of drug-likeness (QED) is 0.829. The van der Waals surface area contributed by atoms with E-state index < -0.39 is 0 Å². The highest BCUT2D eigenvalue weighted by molar-refractivity contribution is 9.10. The molecule has 5 heteroatoms. The lowest BCUT2D eigenvalue weighted by Gasteiger charge is -2.34. The normalized spacial score (nSPS) is 16.9. The molecule has 1 aromatic carbocycles. The third-order valence-electron chi connectivity index (χ3n) is 4.08. The fraction of sp³-hybridized carbons (Fsp3) is 0.562. The average molecular weight is 376 g/mol. The Labute approximate surface area is 141 Å². The van der Waals surface area contributed by atoms with Gasteiger partial charge in [-0.3, -0.25) is 4.79 Å². The molecule has 0 atom stereocenters. The van der Waals surface area contributed by atoms with Crippen LogP contribution in [0.2, 0.25) is 0 Å². The van der Waals surface area contributed by atoms with Gasteiger partial charge < -0.3 is 10.6 Å². The van der Waals surface area contributed by atoms with Crippen molar-refractivity contribution in [1.82, 2.24) is 10.6 Å². The van der Waals surface area contributed by atoms with Crippen molar-refractivity contribution in [3.8, 4) is 0 Å². The van der Waals surface area contributed by atoms with Crippen LogP contribution in [0.1, 0.15) is 31.7 Å². The summed E-state index contributed by atoms with van der Waals surface area (Å²) >= 11 is 3.42. The van der Waals surface area contributed by atoms with E-state index >= 15 is 0 Å². The number of hydrogen-bond donors (Lipinski definition) is 2. The summed E-state index contributed by atoms with van der Waals surface area (Å²) < 4.78 is 1.07. The number of carbonyl (C=O) groups is 1. The van der Waals surface area contributed by atoms with Crippen molar-refractivity contribution < 1.29 is 4.79 Å². The van der Waals surface area contributed by atoms with Crippen molar-refractivity contribution in [1.29, 1.82) is 0 Å². The molecule has 0 aromatic heterocycles. The van der Waals surface area contributed by atoms with E-state index in [0.717, 1.165) is 43.4 Å². The van der Waals surface area contributed by atoms with Gasteiger partial charge in [-0.2, -0.15) is 0 Å². The largest absolute Gasteiger partial charge is 0.356 e. The topological polar surface area (TPSA) is 41.1 Å². The van der Waals surface area contributed by atoms with Gasteiger partial charge >= 0.3 is 0 Å². The van der Waals surface area contributed by atoms with Gasteiger partial charge in [0, 0.05) is 17.4 Å². The lowest BCUT2D eigenvalue weighted by atomic mass is 9.81. The second-order valence-electron chi connectivity index (χ2n) is 5.96. The minimum Gasteiger partial charge on any atom is -0.356 e. The molecule has 0 saturated carbocycles. The van der Waals surface area contributed by atoms with Gasteiger partial charge in [0.2, 0.25) is 5.91 Å². The van der Waals surface area contributed by atoms with E-state index in [1.807, 2.05) is 12.1 Å². The Bertz CT molecular complexity index is 444. The summed E-state index contributed by atoms with van der Waals surface area (Å²) in [6.07, 6.45) is 3.65. The molecule has 118 valence electrons. The Kier molecular flexibility index (Phi) is 7.71. The summed E-state index contributed by atoms with van der Waals surface area (Å²) in [6, 6.07) is 8.16. The number of piperidine rings is 1. The number of rotatable bonds is 5. The van der Waals surface area contributed by atoms with E-state index in [0.29, 0.717) is 6.42 Å². The smallest absolute Gasteiger partial charge is 0.220 e. The number of benzene rings is 1. The van der Waals surface area contributed by atoms with E-state index in [9.17, 15) is 4.79 Å². The van der Waals surface area contributed by atoms with Crippen molar-refractivity contribution in [2.24, 2.45) is 5.41 Å². The molecular formula is C16H24BrClN2O. The second kappa shape index (κ2) is 8.76. The lowest BCUT2D eigenvalue weighted by Crippen LogP contribution is -2.42. The molecule has 0 bridgehead atoms. The predicted molar refractivity (Wildman–Crippen MR) is 92.9 cm³/mol. The Hall–Kier alpha value is -0.580. The van der Waals surface area contributed by atoms with Crippen LogP contribution in [0.5, 0.6) is 0 Å². The maximum absolute atomic E-state index is 11.9. The minimum atomic E-state index is 0. The SMILES string of the molecule is CC1(CNC(=O)CCc2ccc(Br)cc2)CCNCC1.Cl. The Morgan fingerprint density at radius 1 is 1.29 bits per heavy atom. The molecule has 1 amide bonds. The zero-order valence-electron chi connectivity index (χ0n) is 12.5. The molecule has 2 rings (SSSR count). The molecule has 1 aliphatic rings. The van der Waals surface area contributed by atoms with E-state index in [1.165, 1.54) is 5.56 Å². The maximum Gasteiger partial charge on any atom is 0.220 e. The minimum absolute atomic E-state index is 0. The summed E-state index contributed by atoms with van der Waals surface area (Å²) in [4.78, 5) is 11.9. The van der Waals surface area contributed by atoms with Crippen molar-refractivity contribution in [2.45, 2.75) is 32.6 Å². The molecule has 1 saturated heterocycles. The molecule has 0 unspecified atom stereocenters. The van der Waals surface area contributed by atoms with E-state index in [2.05, 4.69) is 45.6 Å². The van der Waals surface area contributed by atoms with Crippen molar-refractivity contribution in [3.05, 3.63) is 34.3 Å². The van der Waals surface area contributed by atoms with Gasteiger partial charge in [-0.05, 0) is 55.5 Å². The van der Waals surface area contributed by atoms with Gasteiger partial charge in [0.05, 0.1) is 0 Å². The molecule has 21 heavy (non-hydrogen) atoms. The zero-order valence-corrected chi connectivity index (χ0v) is 14.9. The maximum atomic E-state index is 11.9. The van der Waals surface area contributed by atoms with Crippen LogP contribution in [0.4, 0.5) is 0 Å². The molecule has 1 aliphatic heterocycles. The molecule has 2 N–H and O–H groups in total. The van der Waals surface area contributed by atoms with Gasteiger partial charge in [0.25, 0.3) is 0 Å². The molecule has 0 radical (unpaired) electrons. The number of carbonyl (C=O) groups excluding carboxylic acids is 1. The number of amides is 1. The number of nitrogens with one attached hydrogen (secondary N) is 2. The number of hydrogen-bond acceptors (Lipinski definition) is 2. The van der Waals surface area contributed by atoms with Crippen molar-refractivity contribution in [2.75, 3.05) is 19.6 Å². The average Bonchev–Trinajstić information content (AvgIpc) is 2.45. The lowest BCUT2D eigenvalue weighted by molar-refractivity contribution is -0.121. The molecule has 0 spiro atoms. The molecule has 1 heterocycles. The van der Waals surface area contributed by atoms with Crippen LogP contribution in [-0.2, 0) is 11.2 Å². The summed E-state index contributed by atoms with van der Waals surface area (Å²) in [5, 5.41) is 6.46. The van der Waals surface area contributed by atoms with Gasteiger partial charge in [0.15, 0.2) is 0 Å². The standard InChI is InChI=1S/C16H23BrN2O.ClH/c1-16(8-10-18-11-9-16)12-19-15(20)7-4-13-2-5-14(17)6-3-13;/h2-3,5-6,18H,4,7-12H2,1H3,(H,19,20);1H. The van der Waals surface area contributed by atoms with E-state index in [4.69, 9.17) is 0 Å². The van der Waals surface area contributed by atoms with Crippen molar-refractivity contribution in [3.63, 3.8) is 0 Å². The van der Waals surface area contributed by atoms with E-state index in [1.54, 1.807) is 0 Å². The fourth-order valence-electron chi connectivity index (χ4n) is 2.52. The number of aryl methyl sites for hydroxylation is 1. The summed E-state index contributed by atoms with van der Waals surface area (Å²) in [7, 11) is 0. The van der Waals surface area contributed by atoms with Gasteiger partial charge in [-0.25, -0.2) is 0 Å². The second-order valence-corrected chi connectivity index (χ2v) is 6.88. The van der Waals surface area contributed by atoms with Crippen LogP contribution in [0.15, 0.2) is 28.7 Å². The highest BCUT2D eigenvalue weighted by atomic mass is 79.9. The highest BCUT2D eigenvalue weighted by Crippen LogP contribution is 2.26. The molecule has 1 aromatic rings. The first-order valence-electron chi connectivity index (χ1n) is 7.29. The first-order valence-corrected chi connectivity index (χ1v) is 8.09. The van der Waals surface area contributed by atoms with Gasteiger partial charge in [-0.1, -0.05) is 35.0 Å². The highest BCUT2D eigenvalue weighted by Gasteiger charge is 2.26. The molecule has 0 aliphatic carbocycles. The summed E-state index contributed by atoms with van der Waals surface area (Å²) in [6.45, 7) is 5.19. The fourth-order valence-corrected chi connectivity index (χ4v) is 2.78. The summed E-state index contributed by atoms with van der Waals surface area (Å²) in [5.41, 5.74) is 1.47. The zero-order chi connectivity index (χ0) is 14.4. The van der Waals surface area contributed by atoms with Crippen LogP contribution in [0.25, 0.3) is 0 Å². The predicted octanol–water partition coefficient (Wildman–Crippen LogP) is 3.31. The first kappa shape index (κ1) is 18.5. The Balaban J connectivity index is 0.00000220. The third-order valence-corrected chi connectivity index (χ3v) is 4.61. The van der Waals surface area contributed by atoms with Crippen molar-refractivity contribution >= 4 is 34.2 Å². The van der Waals surface area contributed by atoms with Crippen LogP contribution in [0, 0.1) is 5.41 Å². The molecular weight excluding hydrogens is 352 g/mol. The van der Waals surface area contributed by atoms with Gasteiger partial charge in [-0.15, -0.1) is 12.4 Å². The van der Waals surface area contributed by atoms with Crippen LogP contribution >= 0.6 is 28.3 Å². The number of halogens is 2. The van der Waals surface area contributed by atoms with Crippen LogP contribution < -0.4 is 10.6 Å². The summed E-state index contributed by atoms with van der Waals surface area (Å²) in [5.74, 6) is 0.160. The third kappa shape index (κ3) is 6.37. The Morgan fingerprint density at radius 2 is 1.90 bits per heavy atom. The van der Waals surface area contributed by atoms with Crippen LogP contribution in [-0.4, -0.2) is 25.5 Å². The first-order chi connectivity index (χ1) is 9.57. The molecule has 3 nitrogen and oxygen atoms in total. The Morgan fingerprint density at radius 3 is 2.52 bits per heavy atom. The van der Waals surface area contributed by atoms with E-state index in [-0.39, 0.29) is 23.7 Å². The molecule has 1 fully saturated rings. The monoisotopic (exact) mass is 374 g/mol. The van der Waals surface area contributed by atoms with Crippen LogP contribution in [0.3, 0.4) is 0 Å².